The number of fused-ring (bicyclic) bond motifs is 2. The molecule has 2 bridgehead atoms. The Hall–Kier alpha value is -0.940. The first-order chi connectivity index (χ1) is 10.8. The lowest BCUT2D eigenvalue weighted by Crippen LogP contribution is -2.60. The third-order valence-electron chi connectivity index (χ3n) is 5.64. The number of aliphatic hydroxyl groups excluding tert-OH is 1. The number of rotatable bonds is 6. The largest absolute Gasteiger partial charge is 0.396 e. The first-order valence-corrected chi connectivity index (χ1v) is 8.43. The van der Waals surface area contributed by atoms with Crippen molar-refractivity contribution >= 4 is 0 Å². The molecule has 0 unspecified atom stereocenters. The van der Waals surface area contributed by atoms with Crippen LogP contribution in [-0.4, -0.2) is 37.5 Å². The highest BCUT2D eigenvalue weighted by Gasteiger charge is 2.48. The van der Waals surface area contributed by atoms with Crippen LogP contribution in [0.4, 0.5) is 0 Å². The van der Waals surface area contributed by atoms with Crippen molar-refractivity contribution in [3.63, 3.8) is 0 Å². The highest BCUT2D eigenvalue weighted by Crippen LogP contribution is 2.45. The molecule has 1 saturated carbocycles. The SMILES string of the molecule is NC[C@H]1CC[C@@H]2C[C@H]1[C@@](CO)(COCc1ccccc1)CN2. The number of ether oxygens (including phenoxy) is 1. The Kier molecular flexibility index (Phi) is 5.14. The van der Waals surface area contributed by atoms with Gasteiger partial charge in [-0.2, -0.15) is 0 Å². The third-order valence-corrected chi connectivity index (χ3v) is 5.64. The van der Waals surface area contributed by atoms with Gasteiger partial charge < -0.3 is 20.9 Å². The fraction of sp³-hybridized carbons (Fsp3) is 0.667. The van der Waals surface area contributed by atoms with Crippen LogP contribution in [0.5, 0.6) is 0 Å². The zero-order valence-corrected chi connectivity index (χ0v) is 13.2. The molecule has 2 aliphatic rings. The summed E-state index contributed by atoms with van der Waals surface area (Å²) in [5, 5.41) is 13.7. The lowest BCUT2D eigenvalue weighted by molar-refractivity contribution is -0.0870. The van der Waals surface area contributed by atoms with Gasteiger partial charge in [0, 0.05) is 18.0 Å². The summed E-state index contributed by atoms with van der Waals surface area (Å²) < 4.78 is 6.00. The van der Waals surface area contributed by atoms with Crippen LogP contribution < -0.4 is 11.1 Å². The van der Waals surface area contributed by atoms with Gasteiger partial charge in [-0.1, -0.05) is 30.3 Å². The van der Waals surface area contributed by atoms with E-state index in [0.29, 0.717) is 31.1 Å². The zero-order chi connectivity index (χ0) is 15.4. The molecule has 1 aliphatic carbocycles. The molecule has 2 fully saturated rings. The Labute approximate surface area is 133 Å². The maximum absolute atomic E-state index is 10.1. The molecule has 4 N–H and O–H groups in total. The van der Waals surface area contributed by atoms with Crippen molar-refractivity contribution in [3.05, 3.63) is 35.9 Å². The van der Waals surface area contributed by atoms with Gasteiger partial charge in [-0.25, -0.2) is 0 Å². The van der Waals surface area contributed by atoms with Gasteiger partial charge in [0.15, 0.2) is 0 Å². The molecule has 0 aromatic heterocycles. The maximum atomic E-state index is 10.1. The number of piperidine rings is 1. The van der Waals surface area contributed by atoms with Crippen molar-refractivity contribution in [2.75, 3.05) is 26.3 Å². The number of hydrogen-bond donors (Lipinski definition) is 3. The molecular formula is C18H28N2O2. The maximum Gasteiger partial charge on any atom is 0.0717 e. The van der Waals surface area contributed by atoms with E-state index in [0.717, 1.165) is 19.5 Å². The minimum Gasteiger partial charge on any atom is -0.396 e. The summed E-state index contributed by atoms with van der Waals surface area (Å²) in [4.78, 5) is 0. The predicted octanol–water partition coefficient (Wildman–Crippen LogP) is 1.53. The first-order valence-electron chi connectivity index (χ1n) is 8.43. The minimum atomic E-state index is -0.185. The summed E-state index contributed by atoms with van der Waals surface area (Å²) in [5.41, 5.74) is 6.98. The van der Waals surface area contributed by atoms with Gasteiger partial charge in [0.05, 0.1) is 19.8 Å². The molecule has 0 radical (unpaired) electrons. The van der Waals surface area contributed by atoms with Crippen LogP contribution in [-0.2, 0) is 11.3 Å². The molecule has 4 nitrogen and oxygen atoms in total. The van der Waals surface area contributed by atoms with E-state index < -0.39 is 0 Å². The monoisotopic (exact) mass is 304 g/mol. The van der Waals surface area contributed by atoms with Crippen LogP contribution in [0.1, 0.15) is 24.8 Å². The number of hydrogen-bond acceptors (Lipinski definition) is 4. The Morgan fingerprint density at radius 1 is 1.27 bits per heavy atom. The number of nitrogens with one attached hydrogen (secondary N) is 1. The third kappa shape index (κ3) is 3.20. The fourth-order valence-electron chi connectivity index (χ4n) is 4.25. The average molecular weight is 304 g/mol. The van der Waals surface area contributed by atoms with Gasteiger partial charge in [-0.3, -0.25) is 0 Å². The predicted molar refractivity (Wildman–Crippen MR) is 87.3 cm³/mol. The van der Waals surface area contributed by atoms with Crippen LogP contribution in [0.25, 0.3) is 0 Å². The van der Waals surface area contributed by atoms with Crippen LogP contribution >= 0.6 is 0 Å². The molecule has 1 aliphatic heterocycles. The van der Waals surface area contributed by atoms with Gasteiger partial charge in [0.1, 0.15) is 0 Å². The molecule has 1 aromatic carbocycles. The van der Waals surface area contributed by atoms with E-state index in [2.05, 4.69) is 17.4 Å². The zero-order valence-electron chi connectivity index (χ0n) is 13.2. The molecule has 1 saturated heterocycles. The van der Waals surface area contributed by atoms with E-state index in [1.807, 2.05) is 18.2 Å². The van der Waals surface area contributed by atoms with Gasteiger partial charge in [-0.05, 0) is 43.2 Å². The number of aliphatic hydroxyl groups is 1. The molecule has 0 spiro atoms. The van der Waals surface area contributed by atoms with Crippen LogP contribution in [0, 0.1) is 17.3 Å². The van der Waals surface area contributed by atoms with Gasteiger partial charge in [-0.15, -0.1) is 0 Å². The normalized spacial score (nSPS) is 34.5. The molecule has 4 heteroatoms. The molecule has 1 heterocycles. The topological polar surface area (TPSA) is 67.5 Å². The van der Waals surface area contributed by atoms with Crippen LogP contribution in [0.2, 0.25) is 0 Å². The summed E-state index contributed by atoms with van der Waals surface area (Å²) in [6, 6.07) is 10.8. The highest BCUT2D eigenvalue weighted by molar-refractivity contribution is 5.13. The average Bonchev–Trinajstić information content (AvgIpc) is 2.58. The molecular weight excluding hydrogens is 276 g/mol. The van der Waals surface area contributed by atoms with E-state index in [9.17, 15) is 5.11 Å². The molecule has 0 amide bonds. The quantitative estimate of drug-likeness (QED) is 0.745. The Bertz CT molecular complexity index is 467. The fourth-order valence-corrected chi connectivity index (χ4v) is 4.25. The Balaban J connectivity index is 1.65. The van der Waals surface area contributed by atoms with Crippen molar-refractivity contribution in [2.45, 2.75) is 31.9 Å². The van der Waals surface area contributed by atoms with Crippen LogP contribution in [0.15, 0.2) is 30.3 Å². The van der Waals surface area contributed by atoms with Crippen molar-refractivity contribution in [1.82, 2.24) is 5.32 Å². The molecule has 4 atom stereocenters. The summed E-state index contributed by atoms with van der Waals surface area (Å²) in [6.45, 7) is 2.93. The number of benzene rings is 1. The second-order valence-corrected chi connectivity index (χ2v) is 6.99. The molecule has 3 rings (SSSR count). The van der Waals surface area contributed by atoms with Crippen molar-refractivity contribution in [2.24, 2.45) is 23.0 Å². The smallest absolute Gasteiger partial charge is 0.0717 e. The molecule has 122 valence electrons. The molecule has 22 heavy (non-hydrogen) atoms. The van der Waals surface area contributed by atoms with Gasteiger partial charge >= 0.3 is 0 Å². The van der Waals surface area contributed by atoms with Crippen LogP contribution in [0.3, 0.4) is 0 Å². The highest BCUT2D eigenvalue weighted by atomic mass is 16.5. The summed E-state index contributed by atoms with van der Waals surface area (Å²) >= 11 is 0. The lowest BCUT2D eigenvalue weighted by Gasteiger charge is -2.52. The Morgan fingerprint density at radius 2 is 2.09 bits per heavy atom. The minimum absolute atomic E-state index is 0.169. The summed E-state index contributed by atoms with van der Waals surface area (Å²) in [5.74, 6) is 0.990. The van der Waals surface area contributed by atoms with Crippen molar-refractivity contribution in [3.8, 4) is 0 Å². The lowest BCUT2D eigenvalue weighted by atomic mass is 9.60. The van der Waals surface area contributed by atoms with E-state index in [1.165, 1.54) is 18.4 Å². The van der Waals surface area contributed by atoms with E-state index in [1.54, 1.807) is 0 Å². The van der Waals surface area contributed by atoms with Gasteiger partial charge in [0.2, 0.25) is 0 Å². The standard InChI is InChI=1S/C18H28N2O2/c19-9-15-6-7-16-8-17(15)18(12-21,11-20-16)13-22-10-14-4-2-1-3-5-14/h1-5,15-17,20-21H,6-13,19H2/t15-,16-,17-,18+/m1/s1. The van der Waals surface area contributed by atoms with Crippen molar-refractivity contribution in [1.29, 1.82) is 0 Å². The summed E-state index contributed by atoms with van der Waals surface area (Å²) in [7, 11) is 0. The first kappa shape index (κ1) is 15.9. The number of nitrogens with two attached hydrogens (primary N) is 1. The van der Waals surface area contributed by atoms with E-state index >= 15 is 0 Å². The second-order valence-electron chi connectivity index (χ2n) is 6.99. The Morgan fingerprint density at radius 3 is 2.82 bits per heavy atom. The van der Waals surface area contributed by atoms with E-state index in [-0.39, 0.29) is 12.0 Å². The molecule has 1 aromatic rings. The van der Waals surface area contributed by atoms with Crippen molar-refractivity contribution < 1.29 is 9.84 Å². The summed E-state index contributed by atoms with van der Waals surface area (Å²) in [6.07, 6.45) is 3.50. The van der Waals surface area contributed by atoms with Gasteiger partial charge in [0.25, 0.3) is 0 Å². The van der Waals surface area contributed by atoms with E-state index in [4.69, 9.17) is 10.5 Å². The second kappa shape index (κ2) is 7.09.